The molecule has 4 atom stereocenters. The monoisotopic (exact) mass is 385 g/mol. The highest BCUT2D eigenvalue weighted by Gasteiger charge is 2.36. The van der Waals surface area contributed by atoms with Crippen molar-refractivity contribution in [3.05, 3.63) is 29.3 Å². The number of benzene rings is 1. The molecule has 3 heterocycles. The van der Waals surface area contributed by atoms with Gasteiger partial charge in [-0.2, -0.15) is 0 Å². The van der Waals surface area contributed by atoms with Crippen molar-refractivity contribution in [1.29, 1.82) is 0 Å². The maximum Gasteiger partial charge on any atom is 0.240 e. The highest BCUT2D eigenvalue weighted by atomic mass is 32.1. The molecule has 2 saturated heterocycles. The van der Waals surface area contributed by atoms with Gasteiger partial charge in [-0.05, 0) is 71.6 Å². The Kier molecular flexibility index (Phi) is 5.51. The van der Waals surface area contributed by atoms with Crippen molar-refractivity contribution < 1.29 is 4.79 Å². The van der Waals surface area contributed by atoms with E-state index in [1.54, 1.807) is 0 Å². The van der Waals surface area contributed by atoms with Crippen LogP contribution in [0, 0.1) is 0 Å². The fourth-order valence-electron chi connectivity index (χ4n) is 4.85. The van der Waals surface area contributed by atoms with Gasteiger partial charge in [0.2, 0.25) is 5.91 Å². The molecule has 0 unspecified atom stereocenters. The number of carbonyl (C=O) groups is 1. The molecular formula is C22H31N3OS. The molecule has 0 spiro atoms. The SMILES string of the molecule is C[C@H](C(=O)N1[C@H](C)CCC[C@H]1C)N1CCC[C@H](c2nc3ccccc3s2)C1. The molecule has 27 heavy (non-hydrogen) atoms. The first-order chi connectivity index (χ1) is 13.0. The van der Waals surface area contributed by atoms with Crippen LogP contribution >= 0.6 is 11.3 Å². The van der Waals surface area contributed by atoms with Gasteiger partial charge in [0.25, 0.3) is 0 Å². The van der Waals surface area contributed by atoms with E-state index in [1.165, 1.54) is 22.5 Å². The van der Waals surface area contributed by atoms with E-state index in [0.29, 0.717) is 23.9 Å². The van der Waals surface area contributed by atoms with Crippen LogP contribution in [0.1, 0.15) is 63.8 Å². The minimum absolute atomic E-state index is 0.0369. The Morgan fingerprint density at radius 2 is 1.89 bits per heavy atom. The zero-order valence-corrected chi connectivity index (χ0v) is 17.5. The third kappa shape index (κ3) is 3.77. The predicted octanol–water partition coefficient (Wildman–Crippen LogP) is 4.65. The largest absolute Gasteiger partial charge is 0.336 e. The van der Waals surface area contributed by atoms with Gasteiger partial charge in [-0.25, -0.2) is 4.98 Å². The molecule has 1 amide bonds. The molecule has 146 valence electrons. The molecule has 0 saturated carbocycles. The van der Waals surface area contributed by atoms with E-state index in [2.05, 4.69) is 54.8 Å². The number of carbonyl (C=O) groups excluding carboxylic acids is 1. The number of nitrogens with zero attached hydrogens (tertiary/aromatic N) is 3. The molecule has 2 aromatic rings. The lowest BCUT2D eigenvalue weighted by molar-refractivity contribution is -0.143. The highest BCUT2D eigenvalue weighted by molar-refractivity contribution is 7.18. The Morgan fingerprint density at radius 3 is 2.63 bits per heavy atom. The number of para-hydroxylation sites is 1. The van der Waals surface area contributed by atoms with Crippen molar-refractivity contribution >= 4 is 27.5 Å². The van der Waals surface area contributed by atoms with E-state index < -0.39 is 0 Å². The third-order valence-electron chi connectivity index (χ3n) is 6.47. The average Bonchev–Trinajstić information content (AvgIpc) is 3.11. The highest BCUT2D eigenvalue weighted by Crippen LogP contribution is 2.34. The Labute approximate surface area is 166 Å². The number of likely N-dealkylation sites (tertiary alicyclic amines) is 2. The van der Waals surface area contributed by atoms with E-state index in [0.717, 1.165) is 37.9 Å². The van der Waals surface area contributed by atoms with E-state index in [1.807, 2.05) is 11.3 Å². The summed E-state index contributed by atoms with van der Waals surface area (Å²) in [6.07, 6.45) is 5.83. The average molecular weight is 386 g/mol. The van der Waals surface area contributed by atoms with Crippen LogP contribution in [0.2, 0.25) is 0 Å². The summed E-state index contributed by atoms with van der Waals surface area (Å²) in [7, 11) is 0. The number of thiazole rings is 1. The van der Waals surface area contributed by atoms with Gasteiger partial charge in [0.05, 0.1) is 21.3 Å². The molecule has 0 aliphatic carbocycles. The molecule has 0 bridgehead atoms. The number of aromatic nitrogens is 1. The van der Waals surface area contributed by atoms with E-state index >= 15 is 0 Å². The van der Waals surface area contributed by atoms with Crippen molar-refractivity contribution in [1.82, 2.24) is 14.8 Å². The van der Waals surface area contributed by atoms with Crippen molar-refractivity contribution in [2.75, 3.05) is 13.1 Å². The summed E-state index contributed by atoms with van der Waals surface area (Å²) in [6, 6.07) is 9.09. The third-order valence-corrected chi connectivity index (χ3v) is 7.66. The summed E-state index contributed by atoms with van der Waals surface area (Å²) >= 11 is 1.82. The van der Waals surface area contributed by atoms with Gasteiger partial charge in [-0.1, -0.05) is 12.1 Å². The minimum atomic E-state index is -0.0369. The Hall–Kier alpha value is -1.46. The van der Waals surface area contributed by atoms with Gasteiger partial charge >= 0.3 is 0 Å². The van der Waals surface area contributed by atoms with Crippen LogP contribution in [-0.2, 0) is 4.79 Å². The Bertz CT molecular complexity index is 761. The van der Waals surface area contributed by atoms with Gasteiger partial charge < -0.3 is 4.90 Å². The van der Waals surface area contributed by atoms with Gasteiger partial charge in [0.1, 0.15) is 0 Å². The second-order valence-electron chi connectivity index (χ2n) is 8.40. The van der Waals surface area contributed by atoms with Crippen LogP contribution in [0.15, 0.2) is 24.3 Å². The lowest BCUT2D eigenvalue weighted by atomic mass is 9.94. The number of amides is 1. The van der Waals surface area contributed by atoms with Gasteiger partial charge in [0, 0.05) is 24.5 Å². The second-order valence-corrected chi connectivity index (χ2v) is 9.47. The summed E-state index contributed by atoms with van der Waals surface area (Å²) in [5.41, 5.74) is 1.11. The molecule has 2 aliphatic rings. The summed E-state index contributed by atoms with van der Waals surface area (Å²) in [4.78, 5) is 22.7. The summed E-state index contributed by atoms with van der Waals surface area (Å²) < 4.78 is 1.27. The number of hydrogen-bond donors (Lipinski definition) is 0. The van der Waals surface area contributed by atoms with Crippen molar-refractivity contribution in [2.45, 2.75) is 76.9 Å². The molecule has 2 fully saturated rings. The molecular weight excluding hydrogens is 354 g/mol. The zero-order chi connectivity index (χ0) is 19.0. The quantitative estimate of drug-likeness (QED) is 0.771. The van der Waals surface area contributed by atoms with E-state index in [9.17, 15) is 4.79 Å². The summed E-state index contributed by atoms with van der Waals surface area (Å²) in [5, 5.41) is 1.24. The Morgan fingerprint density at radius 1 is 1.15 bits per heavy atom. The number of rotatable bonds is 3. The maximum atomic E-state index is 13.3. The van der Waals surface area contributed by atoms with Crippen LogP contribution in [0.25, 0.3) is 10.2 Å². The first-order valence-corrected chi connectivity index (χ1v) is 11.3. The van der Waals surface area contributed by atoms with Crippen LogP contribution < -0.4 is 0 Å². The molecule has 0 radical (unpaired) electrons. The fraction of sp³-hybridized carbons (Fsp3) is 0.636. The molecule has 0 N–H and O–H groups in total. The van der Waals surface area contributed by atoms with Gasteiger partial charge in [0.15, 0.2) is 0 Å². The normalized spacial score (nSPS) is 28.4. The molecule has 4 rings (SSSR count). The first kappa shape index (κ1) is 18.9. The van der Waals surface area contributed by atoms with Crippen LogP contribution in [0.5, 0.6) is 0 Å². The smallest absolute Gasteiger partial charge is 0.240 e. The Balaban J connectivity index is 1.47. The predicted molar refractivity (Wildman–Crippen MR) is 112 cm³/mol. The molecule has 1 aromatic heterocycles. The van der Waals surface area contributed by atoms with Crippen LogP contribution in [-0.4, -0.2) is 51.9 Å². The standard InChI is InChI=1S/C22H31N3OS/c1-15-8-6-9-16(2)25(15)22(26)17(3)24-13-7-10-18(14-24)21-23-19-11-4-5-12-20(19)27-21/h4-5,11-12,15-18H,6-10,13-14H2,1-3H3/t15-,16-,17-,18+/m1/s1. The van der Waals surface area contributed by atoms with E-state index in [4.69, 9.17) is 4.98 Å². The fourth-order valence-corrected chi connectivity index (χ4v) is 5.95. The van der Waals surface area contributed by atoms with Crippen molar-refractivity contribution in [2.24, 2.45) is 0 Å². The number of hydrogen-bond acceptors (Lipinski definition) is 4. The molecule has 2 aliphatic heterocycles. The lowest BCUT2D eigenvalue weighted by Gasteiger charge is -2.43. The van der Waals surface area contributed by atoms with Gasteiger partial charge in [-0.15, -0.1) is 11.3 Å². The first-order valence-electron chi connectivity index (χ1n) is 10.5. The molecule has 1 aromatic carbocycles. The van der Waals surface area contributed by atoms with Gasteiger partial charge in [-0.3, -0.25) is 9.69 Å². The minimum Gasteiger partial charge on any atom is -0.336 e. The van der Waals surface area contributed by atoms with Crippen LogP contribution in [0.4, 0.5) is 0 Å². The topological polar surface area (TPSA) is 36.4 Å². The summed E-state index contributed by atoms with van der Waals surface area (Å²) in [5.74, 6) is 0.766. The van der Waals surface area contributed by atoms with Crippen LogP contribution in [0.3, 0.4) is 0 Å². The number of piperidine rings is 2. The zero-order valence-electron chi connectivity index (χ0n) is 16.7. The summed E-state index contributed by atoms with van der Waals surface area (Å²) in [6.45, 7) is 8.49. The second kappa shape index (κ2) is 7.88. The molecule has 5 heteroatoms. The van der Waals surface area contributed by atoms with Crippen molar-refractivity contribution in [3.8, 4) is 0 Å². The maximum absolute atomic E-state index is 13.3. The number of fused-ring (bicyclic) bond motifs is 1. The molecule has 4 nitrogen and oxygen atoms in total. The lowest BCUT2D eigenvalue weighted by Crippen LogP contribution is -2.56. The van der Waals surface area contributed by atoms with Crippen molar-refractivity contribution in [3.63, 3.8) is 0 Å². The van der Waals surface area contributed by atoms with E-state index in [-0.39, 0.29) is 6.04 Å².